The fraction of sp³-hybridized carbons (Fsp3) is 0.559. The van der Waals surface area contributed by atoms with Crippen LogP contribution in [-0.2, 0) is 96.5 Å². The Hall–Kier alpha value is -8.35. The van der Waals surface area contributed by atoms with E-state index in [1.54, 1.807) is 0 Å². The number of aryl methyl sites for hydroxylation is 3. The minimum absolute atomic E-state index is 0.0189. The van der Waals surface area contributed by atoms with E-state index in [0.29, 0.717) is 0 Å². The van der Waals surface area contributed by atoms with Gasteiger partial charge in [-0.05, 0) is 26.8 Å². The van der Waals surface area contributed by atoms with Crippen molar-refractivity contribution < 1.29 is 131 Å². The molecule has 118 heavy (non-hydrogen) atoms. The van der Waals surface area contributed by atoms with E-state index in [0.717, 1.165) is 43.2 Å². The second-order valence-corrected chi connectivity index (χ2v) is 34.7. The van der Waals surface area contributed by atoms with Crippen LogP contribution in [0.5, 0.6) is 0 Å². The van der Waals surface area contributed by atoms with E-state index in [4.69, 9.17) is 90.9 Å². The number of imidazole rings is 2. The van der Waals surface area contributed by atoms with E-state index >= 15 is 0 Å². The summed E-state index contributed by atoms with van der Waals surface area (Å²) in [5, 5.41) is 21.1. The highest BCUT2D eigenvalue weighted by atomic mass is 31.2. The van der Waals surface area contributed by atoms with E-state index in [9.17, 15) is 91.1 Å². The summed E-state index contributed by atoms with van der Waals surface area (Å²) in [5.41, 5.74) is 12.0. The molecule has 0 spiro atoms. The summed E-state index contributed by atoms with van der Waals surface area (Å²) in [7, 11) is -27.4. The maximum atomic E-state index is 14.4. The highest BCUT2D eigenvalue weighted by Gasteiger charge is 2.51. The van der Waals surface area contributed by atoms with Crippen LogP contribution in [-0.4, -0.2) is 225 Å². The number of ether oxygens (including phenoxy) is 6. The van der Waals surface area contributed by atoms with Crippen LogP contribution in [0.25, 0.3) is 22.3 Å². The number of H-pyrrole nitrogens is 3. The number of nitrogens with zero attached hydrogens (tertiary/aromatic N) is 13. The Morgan fingerprint density at radius 1 is 0.424 bits per heavy atom. The topological polar surface area (TPSA) is 739 Å². The average molecular weight is 1770 g/mol. The van der Waals surface area contributed by atoms with Gasteiger partial charge in [-0.25, -0.2) is 71.9 Å². The zero-order chi connectivity index (χ0) is 84.4. The lowest BCUT2D eigenvalue weighted by molar-refractivity contribution is -0.0652. The van der Waals surface area contributed by atoms with Crippen LogP contribution >= 0.6 is 39.1 Å². The number of hydrogen-bond acceptors (Lipinski definition) is 40. The Morgan fingerprint density at radius 3 is 1.06 bits per heavy atom. The van der Waals surface area contributed by atoms with Gasteiger partial charge in [-0.1, -0.05) is 0 Å². The molecule has 54 nitrogen and oxygen atoms in total. The quantitative estimate of drug-likeness (QED) is 0.0200. The van der Waals surface area contributed by atoms with Crippen LogP contribution in [0.1, 0.15) is 92.6 Å². The summed E-state index contributed by atoms with van der Waals surface area (Å²) in [6, 6.07) is 1.23. The average Bonchev–Trinajstić information content (AvgIpc) is 1.64. The molecule has 0 amide bonds. The highest BCUT2D eigenvalue weighted by molar-refractivity contribution is 7.48. The number of aliphatic hydroxyl groups is 2. The van der Waals surface area contributed by atoms with Crippen molar-refractivity contribution >= 4 is 78.9 Å². The van der Waals surface area contributed by atoms with Gasteiger partial charge in [0.15, 0.2) is 22.9 Å². The van der Waals surface area contributed by atoms with E-state index < -0.39 is 254 Å². The maximum absolute atomic E-state index is 14.4. The second-order valence-electron chi connectivity index (χ2n) is 27.6. The van der Waals surface area contributed by atoms with Gasteiger partial charge in [0, 0.05) is 80.0 Å². The molecule has 14 rings (SSSR count). The lowest BCUT2D eigenvalue weighted by atomic mass is 10.2. The Balaban J connectivity index is 0.660. The molecule has 16 N–H and O–H groups in total. The molecular weight excluding hydrogens is 1690 g/mol. The van der Waals surface area contributed by atoms with Gasteiger partial charge in [0.25, 0.3) is 16.7 Å². The first-order valence-corrected chi connectivity index (χ1v) is 42.9. The number of nitrogens with one attached hydrogen (secondary N) is 3. The molecule has 0 bridgehead atoms. The summed E-state index contributed by atoms with van der Waals surface area (Å²) >= 11 is 0. The number of anilines is 3. The smallest absolute Gasteiger partial charge is 0.394 e. The van der Waals surface area contributed by atoms with E-state index in [2.05, 4.69) is 49.8 Å². The monoisotopic (exact) mass is 1770 g/mol. The Kier molecular flexibility index (Phi) is 25.0. The van der Waals surface area contributed by atoms with E-state index in [1.165, 1.54) is 61.2 Å². The van der Waals surface area contributed by atoms with Crippen molar-refractivity contribution in [2.75, 3.05) is 56.8 Å². The lowest BCUT2D eigenvalue weighted by Gasteiger charge is -2.26. The van der Waals surface area contributed by atoms with Crippen LogP contribution in [0.2, 0.25) is 0 Å². The van der Waals surface area contributed by atoms with Gasteiger partial charge in [-0.3, -0.25) is 102 Å². The van der Waals surface area contributed by atoms with Crippen molar-refractivity contribution in [1.29, 1.82) is 0 Å². The van der Waals surface area contributed by atoms with Gasteiger partial charge in [-0.2, -0.15) is 4.98 Å². The summed E-state index contributed by atoms with van der Waals surface area (Å²) in [6.45, 7) is -1.89. The molecule has 5 unspecified atom stereocenters. The van der Waals surface area contributed by atoms with Crippen LogP contribution in [0, 0.1) is 20.8 Å². The number of phosphoric acid groups is 5. The molecule has 14 heterocycles. The van der Waals surface area contributed by atoms with Gasteiger partial charge < -0.3 is 80.3 Å². The summed E-state index contributed by atoms with van der Waals surface area (Å²) in [6.07, 6.45) is -20.4. The van der Waals surface area contributed by atoms with Gasteiger partial charge in [-0.15, -0.1) is 0 Å². The molecular formula is C59H76N19O35P5. The van der Waals surface area contributed by atoms with Crippen molar-refractivity contribution in [1.82, 2.24) is 77.2 Å². The second kappa shape index (κ2) is 34.3. The van der Waals surface area contributed by atoms with Crippen molar-refractivity contribution in [3.63, 3.8) is 0 Å². The third kappa shape index (κ3) is 19.3. The Morgan fingerprint density at radius 2 is 0.720 bits per heavy atom. The summed E-state index contributed by atoms with van der Waals surface area (Å²) < 4.78 is 168. The van der Waals surface area contributed by atoms with E-state index in [1.807, 2.05) is 0 Å². The molecule has 23 atom stereocenters. The molecule has 6 aliphatic heterocycles. The molecule has 0 aromatic carbocycles. The molecule has 0 aliphatic carbocycles. The fourth-order valence-corrected chi connectivity index (χ4v) is 18.6. The van der Waals surface area contributed by atoms with Crippen molar-refractivity contribution in [3.8, 4) is 0 Å². The first kappa shape index (κ1) is 86.0. The van der Waals surface area contributed by atoms with Crippen LogP contribution in [0.3, 0.4) is 0 Å². The number of aliphatic hydroxyl groups excluding tert-OH is 2. The minimum atomic E-state index is -5.64. The Labute approximate surface area is 657 Å². The third-order valence-corrected chi connectivity index (χ3v) is 24.6. The molecule has 0 radical (unpaired) electrons. The largest absolute Gasteiger partial charge is 0.472 e. The number of nitrogens with two attached hydrogens (primary N) is 3. The van der Waals surface area contributed by atoms with Gasteiger partial charge in [0.1, 0.15) is 134 Å². The number of phosphoric ester groups is 5. The number of nitrogen functional groups attached to an aromatic ring is 3. The number of rotatable bonds is 32. The van der Waals surface area contributed by atoms with Crippen molar-refractivity contribution in [2.45, 2.75) is 170 Å². The molecule has 6 saturated heterocycles. The molecule has 59 heteroatoms. The van der Waals surface area contributed by atoms with Crippen LogP contribution in [0.4, 0.5) is 17.5 Å². The molecule has 6 fully saturated rings. The predicted octanol–water partition coefficient (Wildman–Crippen LogP) is -2.17. The Bertz CT molecular complexity index is 5800. The number of fused-ring (bicyclic) bond motifs is 2. The molecule has 8 aromatic heterocycles. The lowest BCUT2D eigenvalue weighted by Crippen LogP contribution is -2.33. The standard InChI is InChI=1S/C59H76N19O35P5/c1-25-12-74(57(85)70-53(25)81)43-7-29(34(15-79)103-43)109-115(90,91)99-18-37-31(9-44(106-37)75-13-26(2)54(82)71-58(75)86)111-116(92,93)101-19-38-32(10-45(107-38)76-14-27(3)55(83)72-59(76)87)112-117(94,95)102-20-39-33(11-46(108-39)78-24-68-48-50(62)64-22-66-52(48)78)113-118(96,97)100-17-36-30(8-42(105-36)73-5-4-40(60)69-56(73)84)110-114(88,89)98-16-35-28(80)6-41(104-35)77-23-67-47-49(61)63-21-65-51(47)77/h4-5,12-14,21-24,28-39,41-46,79-80H,6-11,15-20H2,1-3H3,(H,88,89)(H,90,91)(H,92,93)(H,94,95)(H,96,97)(H2,60,69,84)(H2,61,63,65)(H2,62,64,66)(H,70,81,85)(H,71,82,86)(H,72,83,87)/t28-,29-,30-,31-,32-,33-,34+,35+,36+,37+,38+,39+,41+,42+,43+,44+,45+,46+/m0/s1. The fourth-order valence-electron chi connectivity index (χ4n) is 13.8. The first-order valence-electron chi connectivity index (χ1n) is 35.4. The van der Waals surface area contributed by atoms with Crippen molar-refractivity contribution in [3.05, 3.63) is 146 Å². The van der Waals surface area contributed by atoms with Crippen LogP contribution in [0.15, 0.2) is 89.7 Å². The number of aromatic amines is 3. The van der Waals surface area contributed by atoms with Gasteiger partial charge >= 0.3 is 61.9 Å². The van der Waals surface area contributed by atoms with Gasteiger partial charge in [0.2, 0.25) is 0 Å². The van der Waals surface area contributed by atoms with E-state index in [-0.39, 0.29) is 69.3 Å². The molecule has 8 aromatic rings. The summed E-state index contributed by atoms with van der Waals surface area (Å²) in [4.78, 5) is 181. The zero-order valence-corrected chi connectivity index (χ0v) is 65.9. The first-order chi connectivity index (χ1) is 55.7. The normalized spacial score (nSPS) is 29.9. The SMILES string of the molecule is Cc1cn([C@H]2C[C@H](OP(=O)(O)OC[C@H]3O[C@@H](n4cc(C)c(=O)[nH]c4=O)C[C@@H]3OP(=O)(O)OC[C@H]3O[C@@H](n4cc(C)c(=O)[nH]c4=O)C[C@@H]3OP(=O)(O)OC[C@H]3O[C@@H](n4cnc5c(N)ncnc54)C[C@@H]3OP(=O)(O)OC[C@H]3O[C@@H](n4ccc(N)nc4=O)C[C@@H]3OP(=O)(O)OC[C@H]3O[C@@H](n4cnc5c(N)ncnc54)C[C@@H]3O)[C@@H](CO)O2)c(=O)[nH]c1=O. The summed E-state index contributed by atoms with van der Waals surface area (Å²) in [5.74, 6) is -0.208. The maximum Gasteiger partial charge on any atom is 0.472 e. The van der Waals surface area contributed by atoms with Gasteiger partial charge in [0.05, 0.1) is 58.4 Å². The molecule has 642 valence electrons. The third-order valence-electron chi connectivity index (χ3n) is 19.6. The number of aromatic nitrogens is 16. The highest BCUT2D eigenvalue weighted by Crippen LogP contribution is 2.56. The number of hydrogen-bond donors (Lipinski definition) is 13. The molecule has 0 saturated carbocycles. The van der Waals surface area contributed by atoms with Crippen molar-refractivity contribution in [2.24, 2.45) is 0 Å². The zero-order valence-electron chi connectivity index (χ0n) is 61.4. The predicted molar refractivity (Wildman–Crippen MR) is 388 cm³/mol. The van der Waals surface area contributed by atoms with Crippen LogP contribution < -0.4 is 56.6 Å². The molecule has 6 aliphatic rings. The minimum Gasteiger partial charge on any atom is -0.394 e.